The van der Waals surface area contributed by atoms with E-state index in [1.807, 2.05) is 73.0 Å². The molecule has 28 heavy (non-hydrogen) atoms. The molecule has 0 bridgehead atoms. The molecule has 0 aliphatic carbocycles. The minimum Gasteiger partial charge on any atom is -0.497 e. The van der Waals surface area contributed by atoms with E-state index in [0.29, 0.717) is 17.2 Å². The number of pyridine rings is 2. The summed E-state index contributed by atoms with van der Waals surface area (Å²) < 4.78 is 7.27. The van der Waals surface area contributed by atoms with E-state index in [-0.39, 0.29) is 0 Å². The maximum Gasteiger partial charge on any atom is 0.169 e. The first-order chi connectivity index (χ1) is 13.5. The fraction of sp³-hybridized carbons (Fsp3) is 0.182. The fourth-order valence-corrected chi connectivity index (χ4v) is 3.17. The first-order valence-electron chi connectivity index (χ1n) is 9.05. The number of methoxy groups -OCH3 is 1. The highest BCUT2D eigenvalue weighted by atomic mass is 16.5. The number of aliphatic hydroxyl groups is 1. The molecule has 0 saturated carbocycles. The molecule has 0 saturated heterocycles. The monoisotopic (exact) mass is 374 g/mol. The predicted octanol–water partition coefficient (Wildman–Crippen LogP) is 4.12. The molecule has 4 aromatic rings. The fourth-order valence-electron chi connectivity index (χ4n) is 3.17. The Morgan fingerprint density at radius 1 is 1.07 bits per heavy atom. The van der Waals surface area contributed by atoms with Gasteiger partial charge in [-0.3, -0.25) is 4.40 Å². The van der Waals surface area contributed by atoms with E-state index in [4.69, 9.17) is 9.72 Å². The van der Waals surface area contributed by atoms with Crippen LogP contribution in [0.5, 0.6) is 5.75 Å². The third-order valence-electron chi connectivity index (χ3n) is 4.60. The average molecular weight is 374 g/mol. The number of ether oxygens (including phenoxy) is 1. The lowest BCUT2D eigenvalue weighted by molar-refractivity contribution is 0.202. The summed E-state index contributed by atoms with van der Waals surface area (Å²) in [5.41, 5.74) is 5.10. The van der Waals surface area contributed by atoms with Gasteiger partial charge in [-0.1, -0.05) is 24.3 Å². The molecule has 0 fully saturated rings. The van der Waals surface area contributed by atoms with Crippen molar-refractivity contribution >= 4 is 11.5 Å². The number of nitrogens with zero attached hydrogens (tertiary/aromatic N) is 3. The highest BCUT2D eigenvalue weighted by Crippen LogP contribution is 2.31. The number of imidazole rings is 1. The van der Waals surface area contributed by atoms with E-state index in [1.54, 1.807) is 13.3 Å². The van der Waals surface area contributed by atoms with Gasteiger partial charge in [0.05, 0.1) is 18.5 Å². The number of anilines is 1. The van der Waals surface area contributed by atoms with E-state index >= 15 is 0 Å². The van der Waals surface area contributed by atoms with Gasteiger partial charge in [0.2, 0.25) is 0 Å². The molecular weight excluding hydrogens is 352 g/mol. The highest BCUT2D eigenvalue weighted by Gasteiger charge is 2.21. The molecule has 1 unspecified atom stereocenters. The third kappa shape index (κ3) is 3.42. The summed E-state index contributed by atoms with van der Waals surface area (Å²) in [4.78, 5) is 9.10. The smallest absolute Gasteiger partial charge is 0.169 e. The summed E-state index contributed by atoms with van der Waals surface area (Å²) in [7, 11) is 1.63. The number of benzene rings is 1. The van der Waals surface area contributed by atoms with Crippen LogP contribution in [0, 0.1) is 13.8 Å². The van der Waals surface area contributed by atoms with Crippen molar-refractivity contribution in [2.75, 3.05) is 12.4 Å². The van der Waals surface area contributed by atoms with E-state index in [2.05, 4.69) is 10.3 Å². The zero-order valence-corrected chi connectivity index (χ0v) is 16.0. The average Bonchev–Trinajstić information content (AvgIpc) is 3.08. The zero-order chi connectivity index (χ0) is 19.7. The van der Waals surface area contributed by atoms with Crippen molar-refractivity contribution in [3.05, 3.63) is 77.7 Å². The van der Waals surface area contributed by atoms with Gasteiger partial charge in [0, 0.05) is 18.0 Å². The molecule has 3 heterocycles. The standard InChI is InChI=1S/C22H22N4O2/c1-14-7-9-18(23-12-14)24-22(27)21-20(16-5-4-6-17(11-16)28-3)25-19-10-8-15(2)13-26(19)21/h4-13,22,27H,1-3H3,(H,23,24). The molecule has 142 valence electrons. The second-order valence-corrected chi connectivity index (χ2v) is 6.78. The predicted molar refractivity (Wildman–Crippen MR) is 109 cm³/mol. The molecule has 6 heteroatoms. The van der Waals surface area contributed by atoms with Gasteiger partial charge >= 0.3 is 0 Å². The maximum absolute atomic E-state index is 11.0. The van der Waals surface area contributed by atoms with Crippen LogP contribution in [0.15, 0.2) is 60.9 Å². The Balaban J connectivity index is 1.84. The van der Waals surface area contributed by atoms with Crippen LogP contribution in [-0.2, 0) is 0 Å². The van der Waals surface area contributed by atoms with Crippen molar-refractivity contribution in [2.45, 2.75) is 20.1 Å². The lowest BCUT2D eigenvalue weighted by atomic mass is 10.1. The van der Waals surface area contributed by atoms with Crippen molar-refractivity contribution in [2.24, 2.45) is 0 Å². The van der Waals surface area contributed by atoms with Crippen molar-refractivity contribution in [1.29, 1.82) is 0 Å². The molecule has 6 nitrogen and oxygen atoms in total. The number of aryl methyl sites for hydroxylation is 2. The minimum absolute atomic E-state index is 0.595. The molecule has 2 N–H and O–H groups in total. The molecule has 0 aliphatic heterocycles. The van der Waals surface area contributed by atoms with Gasteiger partial charge in [0.15, 0.2) is 6.23 Å². The minimum atomic E-state index is -0.992. The van der Waals surface area contributed by atoms with Crippen LogP contribution in [0.2, 0.25) is 0 Å². The molecule has 3 aromatic heterocycles. The molecule has 0 spiro atoms. The van der Waals surface area contributed by atoms with E-state index in [0.717, 1.165) is 28.1 Å². The number of aliphatic hydroxyl groups excluding tert-OH is 1. The second kappa shape index (κ2) is 7.32. The van der Waals surface area contributed by atoms with Gasteiger partial charge in [0.1, 0.15) is 17.2 Å². The highest BCUT2D eigenvalue weighted by molar-refractivity contribution is 5.69. The number of hydrogen-bond acceptors (Lipinski definition) is 5. The van der Waals surface area contributed by atoms with Gasteiger partial charge in [0.25, 0.3) is 0 Å². The van der Waals surface area contributed by atoms with Gasteiger partial charge in [-0.25, -0.2) is 9.97 Å². The van der Waals surface area contributed by atoms with Crippen LogP contribution in [0.4, 0.5) is 5.82 Å². The second-order valence-electron chi connectivity index (χ2n) is 6.78. The van der Waals surface area contributed by atoms with Crippen molar-refractivity contribution < 1.29 is 9.84 Å². The van der Waals surface area contributed by atoms with Gasteiger partial charge in [-0.15, -0.1) is 0 Å². The maximum atomic E-state index is 11.0. The quantitative estimate of drug-likeness (QED) is 0.514. The SMILES string of the molecule is COc1cccc(-c2nc3ccc(C)cn3c2C(O)Nc2ccc(C)cn2)c1. The van der Waals surface area contributed by atoms with Gasteiger partial charge < -0.3 is 15.2 Å². The van der Waals surface area contributed by atoms with E-state index < -0.39 is 6.23 Å². The van der Waals surface area contributed by atoms with E-state index in [9.17, 15) is 5.11 Å². The number of hydrogen-bond donors (Lipinski definition) is 2. The summed E-state index contributed by atoms with van der Waals surface area (Å²) in [6.45, 7) is 3.98. The topological polar surface area (TPSA) is 71.7 Å². The molecule has 4 rings (SSSR count). The van der Waals surface area contributed by atoms with Gasteiger partial charge in [-0.05, 0) is 49.2 Å². The molecular formula is C22H22N4O2. The van der Waals surface area contributed by atoms with Crippen molar-refractivity contribution in [3.8, 4) is 17.0 Å². The summed E-state index contributed by atoms with van der Waals surface area (Å²) in [6.07, 6.45) is 2.74. The van der Waals surface area contributed by atoms with E-state index in [1.165, 1.54) is 0 Å². The van der Waals surface area contributed by atoms with Crippen LogP contribution in [0.3, 0.4) is 0 Å². The van der Waals surface area contributed by atoms with Crippen molar-refractivity contribution in [3.63, 3.8) is 0 Å². The Morgan fingerprint density at radius 3 is 2.64 bits per heavy atom. The van der Waals surface area contributed by atoms with Crippen LogP contribution < -0.4 is 10.1 Å². The van der Waals surface area contributed by atoms with Crippen LogP contribution in [0.25, 0.3) is 16.9 Å². The molecule has 1 atom stereocenters. The molecule has 1 aromatic carbocycles. The normalized spacial score (nSPS) is 12.1. The summed E-state index contributed by atoms with van der Waals surface area (Å²) in [5.74, 6) is 1.33. The third-order valence-corrected chi connectivity index (χ3v) is 4.60. The Bertz CT molecular complexity index is 1120. The summed E-state index contributed by atoms with van der Waals surface area (Å²) in [5, 5.41) is 14.1. The number of rotatable bonds is 5. The number of fused-ring (bicyclic) bond motifs is 1. The van der Waals surface area contributed by atoms with Crippen LogP contribution in [-0.4, -0.2) is 26.6 Å². The Hall–Kier alpha value is -3.38. The largest absolute Gasteiger partial charge is 0.497 e. The zero-order valence-electron chi connectivity index (χ0n) is 16.0. The first kappa shape index (κ1) is 18.0. The molecule has 0 amide bonds. The molecule has 0 aliphatic rings. The lowest BCUT2D eigenvalue weighted by Gasteiger charge is -2.16. The summed E-state index contributed by atoms with van der Waals surface area (Å²) in [6, 6.07) is 15.4. The van der Waals surface area contributed by atoms with Crippen LogP contribution in [0.1, 0.15) is 23.0 Å². The molecule has 0 radical (unpaired) electrons. The Labute approximate surface area is 163 Å². The van der Waals surface area contributed by atoms with Crippen LogP contribution >= 0.6 is 0 Å². The van der Waals surface area contributed by atoms with Gasteiger partial charge in [-0.2, -0.15) is 0 Å². The number of nitrogens with one attached hydrogen (secondary N) is 1. The number of aromatic nitrogens is 3. The summed E-state index contributed by atoms with van der Waals surface area (Å²) >= 11 is 0. The van der Waals surface area contributed by atoms with Crippen molar-refractivity contribution in [1.82, 2.24) is 14.4 Å². The first-order valence-corrected chi connectivity index (χ1v) is 9.05. The lowest BCUT2D eigenvalue weighted by Crippen LogP contribution is -2.14. The Kier molecular flexibility index (Phi) is 4.71. The Morgan fingerprint density at radius 2 is 1.89 bits per heavy atom.